The summed E-state index contributed by atoms with van der Waals surface area (Å²) < 4.78 is 5.35. The van der Waals surface area contributed by atoms with E-state index in [4.69, 9.17) is 14.4 Å². The lowest BCUT2D eigenvalue weighted by molar-refractivity contribution is -0.147. The van der Waals surface area contributed by atoms with Crippen LogP contribution in [-0.2, 0) is 28.8 Å². The number of nitrogens with one attached hydrogen (secondary N) is 2. The lowest BCUT2D eigenvalue weighted by atomic mass is 10.0. The molecule has 1 heterocycles. The highest BCUT2D eigenvalue weighted by Gasteiger charge is 2.61. The summed E-state index contributed by atoms with van der Waals surface area (Å²) in [5.74, 6) is -3.08. The van der Waals surface area contributed by atoms with Gasteiger partial charge < -0.3 is 29.7 Å². The normalized spacial score (nSPS) is 25.0. The number of carboxylic acid groups (broad SMARTS) is 1. The third kappa shape index (κ3) is 6.34. The Kier molecular flexibility index (Phi) is 9.05. The number of carbonyl (C=O) groups is 4. The summed E-state index contributed by atoms with van der Waals surface area (Å²) in [6.07, 6.45) is 3.43. The summed E-state index contributed by atoms with van der Waals surface area (Å²) in [6, 6.07) is 13.7. The predicted octanol–water partition coefficient (Wildman–Crippen LogP) is 4.18. The topological polar surface area (TPSA) is 156 Å². The number of fused-ring (bicyclic) bond motifs is 3. The van der Waals surface area contributed by atoms with E-state index in [1.165, 1.54) is 11.0 Å². The quantitative estimate of drug-likeness (QED) is 0.158. The maximum atomic E-state index is 14.1. The summed E-state index contributed by atoms with van der Waals surface area (Å²) in [5.41, 5.74) is 5.61. The fourth-order valence-corrected chi connectivity index (χ4v) is 6.83. The minimum atomic E-state index is -1.48. The number of oxime groups is 1. The second kappa shape index (κ2) is 13.2. The molecule has 47 heavy (non-hydrogen) atoms. The van der Waals surface area contributed by atoms with Gasteiger partial charge in [-0.1, -0.05) is 73.6 Å². The number of amides is 2. The number of hydrogen-bond acceptors (Lipinski definition) is 9. The lowest BCUT2D eigenvalue weighted by Crippen LogP contribution is -2.57. The number of hydrogen-bond donors (Lipinski definition) is 3. The molecule has 12 nitrogen and oxygen atoms in total. The first-order chi connectivity index (χ1) is 22.6. The van der Waals surface area contributed by atoms with Gasteiger partial charge in [-0.2, -0.15) is 0 Å². The van der Waals surface area contributed by atoms with Gasteiger partial charge in [0.25, 0.3) is 0 Å². The molecule has 5 atom stereocenters. The van der Waals surface area contributed by atoms with Crippen LogP contribution in [0.2, 0.25) is 0 Å². The SMILES string of the molecule is C=C[C@@H]1C[C@@]1(NC(=O)[C@@H]1C[C@@H](ON=C2c3ccccc3-c3ccccc32)CN1C(=O)[C@H](NOC(=O)OC1CCCC1)C(C)C)C(=O)O. The van der Waals surface area contributed by atoms with Crippen LogP contribution in [0.3, 0.4) is 0 Å². The molecule has 0 spiro atoms. The van der Waals surface area contributed by atoms with Crippen LogP contribution >= 0.6 is 0 Å². The van der Waals surface area contributed by atoms with Crippen LogP contribution in [-0.4, -0.2) is 76.0 Å². The number of hydroxylamine groups is 1. The van der Waals surface area contributed by atoms with Crippen molar-refractivity contribution in [3.8, 4) is 11.1 Å². The molecule has 0 bridgehead atoms. The van der Waals surface area contributed by atoms with Crippen molar-refractivity contribution >= 4 is 29.7 Å². The van der Waals surface area contributed by atoms with Gasteiger partial charge in [-0.25, -0.2) is 9.59 Å². The smallest absolute Gasteiger partial charge is 0.479 e. The van der Waals surface area contributed by atoms with E-state index < -0.39 is 53.6 Å². The third-order valence-corrected chi connectivity index (χ3v) is 9.59. The van der Waals surface area contributed by atoms with E-state index in [0.717, 1.165) is 47.9 Å². The Morgan fingerprint density at radius 2 is 1.62 bits per heavy atom. The highest BCUT2D eigenvalue weighted by atomic mass is 16.8. The fourth-order valence-electron chi connectivity index (χ4n) is 6.83. The van der Waals surface area contributed by atoms with Gasteiger partial charge in [0, 0.05) is 23.5 Å². The highest BCUT2D eigenvalue weighted by molar-refractivity contribution is 6.24. The minimum absolute atomic E-state index is 0.000623. The average molecular weight is 645 g/mol. The van der Waals surface area contributed by atoms with Crippen LogP contribution in [0.1, 0.15) is 63.5 Å². The van der Waals surface area contributed by atoms with Crippen LogP contribution < -0.4 is 10.8 Å². The van der Waals surface area contributed by atoms with Crippen LogP contribution in [0.4, 0.5) is 4.79 Å². The molecule has 2 aromatic rings. The molecule has 3 fully saturated rings. The molecule has 3 aliphatic carbocycles. The minimum Gasteiger partial charge on any atom is -0.479 e. The second-order valence-electron chi connectivity index (χ2n) is 13.0. The number of ether oxygens (including phenoxy) is 1. The van der Waals surface area contributed by atoms with E-state index in [1.807, 2.05) is 48.5 Å². The lowest BCUT2D eigenvalue weighted by Gasteiger charge is -2.30. The van der Waals surface area contributed by atoms with Crippen LogP contribution in [0.25, 0.3) is 11.1 Å². The monoisotopic (exact) mass is 644 g/mol. The maximum Gasteiger partial charge on any atom is 0.528 e. The number of aliphatic carboxylic acids is 1. The summed E-state index contributed by atoms with van der Waals surface area (Å²) in [4.78, 5) is 64.9. The van der Waals surface area contributed by atoms with Crippen LogP contribution in [0.15, 0.2) is 66.3 Å². The molecular formula is C35H40N4O8. The first-order valence-corrected chi connectivity index (χ1v) is 16.2. The zero-order valence-electron chi connectivity index (χ0n) is 26.5. The van der Waals surface area contributed by atoms with Crippen LogP contribution in [0, 0.1) is 11.8 Å². The number of carboxylic acids is 1. The van der Waals surface area contributed by atoms with Gasteiger partial charge in [0.1, 0.15) is 35.5 Å². The molecule has 3 N–H and O–H groups in total. The first kappa shape index (κ1) is 32.2. The summed E-state index contributed by atoms with van der Waals surface area (Å²) >= 11 is 0. The second-order valence-corrected chi connectivity index (χ2v) is 13.0. The van der Waals surface area contributed by atoms with Crippen molar-refractivity contribution in [2.24, 2.45) is 17.0 Å². The van der Waals surface area contributed by atoms with Crippen LogP contribution in [0.5, 0.6) is 0 Å². The molecule has 2 amide bonds. The van der Waals surface area contributed by atoms with Gasteiger partial charge in [0.2, 0.25) is 11.8 Å². The molecular weight excluding hydrogens is 604 g/mol. The molecule has 2 aromatic carbocycles. The summed E-state index contributed by atoms with van der Waals surface area (Å²) in [7, 11) is 0. The van der Waals surface area contributed by atoms with Gasteiger partial charge in [0.15, 0.2) is 0 Å². The zero-order valence-corrected chi connectivity index (χ0v) is 26.5. The molecule has 0 aromatic heterocycles. The van der Waals surface area contributed by atoms with Crippen molar-refractivity contribution in [3.63, 3.8) is 0 Å². The number of likely N-dealkylation sites (tertiary alicyclic amines) is 1. The number of nitrogens with zero attached hydrogens (tertiary/aromatic N) is 2. The van der Waals surface area contributed by atoms with Crippen molar-refractivity contribution in [1.29, 1.82) is 0 Å². The number of benzene rings is 2. The number of carbonyl (C=O) groups excluding carboxylic acids is 3. The van der Waals surface area contributed by atoms with E-state index in [-0.39, 0.29) is 31.4 Å². The number of rotatable bonds is 11. The Morgan fingerprint density at radius 3 is 2.17 bits per heavy atom. The molecule has 0 radical (unpaired) electrons. The van der Waals surface area contributed by atoms with Crippen molar-refractivity contribution in [2.75, 3.05) is 6.54 Å². The Hall–Kier alpha value is -4.71. The van der Waals surface area contributed by atoms with Gasteiger partial charge in [-0.15, -0.1) is 12.1 Å². The van der Waals surface area contributed by atoms with E-state index >= 15 is 0 Å². The van der Waals surface area contributed by atoms with Crippen molar-refractivity contribution < 1.29 is 38.7 Å². The molecule has 1 saturated heterocycles. The van der Waals surface area contributed by atoms with Gasteiger partial charge >= 0.3 is 12.1 Å². The molecule has 6 rings (SSSR count). The Labute approximate surface area is 273 Å². The molecule has 2 saturated carbocycles. The average Bonchev–Trinajstić information content (AvgIpc) is 3.38. The van der Waals surface area contributed by atoms with Crippen molar-refractivity contribution in [2.45, 2.75) is 82.2 Å². The largest absolute Gasteiger partial charge is 0.528 e. The molecule has 4 aliphatic rings. The Morgan fingerprint density at radius 1 is 1.00 bits per heavy atom. The fraction of sp³-hybridized carbons (Fsp3) is 0.457. The maximum absolute atomic E-state index is 14.1. The van der Waals surface area contributed by atoms with E-state index in [0.29, 0.717) is 5.71 Å². The first-order valence-electron chi connectivity index (χ1n) is 16.2. The van der Waals surface area contributed by atoms with Gasteiger partial charge in [-0.05, 0) is 49.1 Å². The summed E-state index contributed by atoms with van der Waals surface area (Å²) in [5, 5.41) is 17.1. The molecule has 12 heteroatoms. The van der Waals surface area contributed by atoms with Gasteiger partial charge in [-0.3, -0.25) is 9.59 Å². The third-order valence-electron chi connectivity index (χ3n) is 9.59. The van der Waals surface area contributed by atoms with E-state index in [2.05, 4.69) is 22.5 Å². The predicted molar refractivity (Wildman–Crippen MR) is 171 cm³/mol. The van der Waals surface area contributed by atoms with E-state index in [9.17, 15) is 24.3 Å². The molecule has 248 valence electrons. The zero-order chi connectivity index (χ0) is 33.3. The van der Waals surface area contributed by atoms with Crippen molar-refractivity contribution in [3.05, 3.63) is 72.3 Å². The standard InChI is InChI=1S/C35H40N4O8/c1-4-21-18-35(21,33(42)43)36-31(40)28-17-23(46-38-30-26-15-9-7-13-24(26)25-14-8-10-16-27(25)30)19-39(28)32(41)29(20(2)3)37-47-34(44)45-22-11-5-6-12-22/h4,7-10,13-16,20-23,28-29,37H,1,5-6,11-12,17-19H2,2-3H3,(H,36,40)(H,42,43)/t21-,23-,28+,29-,35+/m1/s1. The molecule has 1 aliphatic heterocycles. The summed E-state index contributed by atoms with van der Waals surface area (Å²) in [6.45, 7) is 7.24. The van der Waals surface area contributed by atoms with Crippen molar-refractivity contribution in [1.82, 2.24) is 15.7 Å². The van der Waals surface area contributed by atoms with Gasteiger partial charge in [0.05, 0.1) is 6.54 Å². The van der Waals surface area contributed by atoms with E-state index in [1.54, 1.807) is 13.8 Å². The molecule has 0 unspecified atom stereocenters. The Bertz CT molecular complexity index is 1550. The Balaban J connectivity index is 1.22. The highest BCUT2D eigenvalue weighted by Crippen LogP contribution is 2.45.